The van der Waals surface area contributed by atoms with E-state index in [1.807, 2.05) is 24.3 Å². The average Bonchev–Trinajstić information content (AvgIpc) is 2.39. The van der Waals surface area contributed by atoms with Crippen LogP contribution in [0.5, 0.6) is 11.5 Å². The molecule has 4 nitrogen and oxygen atoms in total. The number of hydrogen-bond acceptors (Lipinski definition) is 4. The van der Waals surface area contributed by atoms with E-state index in [2.05, 4.69) is 9.97 Å². The summed E-state index contributed by atoms with van der Waals surface area (Å²) in [6.45, 7) is 0. The quantitative estimate of drug-likeness (QED) is 0.788. The zero-order valence-electron chi connectivity index (χ0n) is 9.18. The molecular formula is C12H12N2O2. The van der Waals surface area contributed by atoms with Gasteiger partial charge in [-0.05, 0) is 24.3 Å². The molecule has 1 aromatic heterocycles. The monoisotopic (exact) mass is 216 g/mol. The highest BCUT2D eigenvalue weighted by molar-refractivity contribution is 5.63. The third kappa shape index (κ3) is 1.95. The van der Waals surface area contributed by atoms with Crippen LogP contribution in [0.2, 0.25) is 0 Å². The molecule has 0 aliphatic carbocycles. The summed E-state index contributed by atoms with van der Waals surface area (Å²) in [6.07, 6.45) is 3.23. The molecule has 82 valence electrons. The first-order valence-corrected chi connectivity index (χ1v) is 4.83. The van der Waals surface area contributed by atoms with Crippen LogP contribution >= 0.6 is 0 Å². The van der Waals surface area contributed by atoms with Crippen molar-refractivity contribution in [1.29, 1.82) is 0 Å². The zero-order valence-corrected chi connectivity index (χ0v) is 9.18. The topological polar surface area (TPSA) is 44.2 Å². The van der Waals surface area contributed by atoms with E-state index in [1.165, 1.54) is 6.33 Å². The standard InChI is InChI=1S/C12H12N2O2/c1-15-11-4-3-9(7-12(11)16-2)10-5-6-13-8-14-10/h3-8H,1-2H3. The van der Waals surface area contributed by atoms with E-state index in [-0.39, 0.29) is 0 Å². The molecule has 0 N–H and O–H groups in total. The lowest BCUT2D eigenvalue weighted by Gasteiger charge is -2.08. The Morgan fingerprint density at radius 2 is 1.81 bits per heavy atom. The van der Waals surface area contributed by atoms with E-state index in [4.69, 9.17) is 9.47 Å². The lowest BCUT2D eigenvalue weighted by Crippen LogP contribution is -1.91. The van der Waals surface area contributed by atoms with Crippen molar-refractivity contribution in [2.45, 2.75) is 0 Å². The van der Waals surface area contributed by atoms with Crippen LogP contribution < -0.4 is 9.47 Å². The maximum Gasteiger partial charge on any atom is 0.161 e. The van der Waals surface area contributed by atoms with Crippen LogP contribution in [0.4, 0.5) is 0 Å². The van der Waals surface area contributed by atoms with E-state index in [9.17, 15) is 0 Å². The maximum absolute atomic E-state index is 5.23. The largest absolute Gasteiger partial charge is 0.493 e. The Hall–Kier alpha value is -2.10. The SMILES string of the molecule is COc1ccc(-c2ccncn2)cc1OC. The summed E-state index contributed by atoms with van der Waals surface area (Å²) < 4.78 is 10.4. The minimum absolute atomic E-state index is 0.693. The van der Waals surface area contributed by atoms with Crippen molar-refractivity contribution in [1.82, 2.24) is 9.97 Å². The Labute approximate surface area is 93.9 Å². The van der Waals surface area contributed by atoms with Gasteiger partial charge >= 0.3 is 0 Å². The Balaban J connectivity index is 2.44. The second-order valence-corrected chi connectivity index (χ2v) is 3.16. The molecule has 0 bridgehead atoms. The average molecular weight is 216 g/mol. The molecule has 0 fully saturated rings. The summed E-state index contributed by atoms with van der Waals surface area (Å²) >= 11 is 0. The molecule has 0 radical (unpaired) electrons. The van der Waals surface area contributed by atoms with E-state index in [1.54, 1.807) is 20.4 Å². The summed E-state index contributed by atoms with van der Waals surface area (Å²) in [7, 11) is 3.23. The third-order valence-corrected chi connectivity index (χ3v) is 2.26. The van der Waals surface area contributed by atoms with Gasteiger partial charge in [-0.3, -0.25) is 0 Å². The molecule has 0 aliphatic heterocycles. The predicted molar refractivity (Wildman–Crippen MR) is 60.6 cm³/mol. The van der Waals surface area contributed by atoms with Crippen molar-refractivity contribution >= 4 is 0 Å². The van der Waals surface area contributed by atoms with Crippen molar-refractivity contribution in [2.24, 2.45) is 0 Å². The summed E-state index contributed by atoms with van der Waals surface area (Å²) in [5, 5.41) is 0. The highest BCUT2D eigenvalue weighted by Gasteiger charge is 2.06. The highest BCUT2D eigenvalue weighted by Crippen LogP contribution is 2.31. The molecule has 0 spiro atoms. The lowest BCUT2D eigenvalue weighted by molar-refractivity contribution is 0.355. The Kier molecular flexibility index (Phi) is 3.00. The van der Waals surface area contributed by atoms with Crippen molar-refractivity contribution in [3.63, 3.8) is 0 Å². The minimum Gasteiger partial charge on any atom is -0.493 e. The molecule has 0 unspecified atom stereocenters. The lowest BCUT2D eigenvalue weighted by atomic mass is 10.1. The van der Waals surface area contributed by atoms with Gasteiger partial charge in [0, 0.05) is 11.8 Å². The molecule has 0 saturated carbocycles. The first kappa shape index (κ1) is 10.4. The van der Waals surface area contributed by atoms with E-state index in [0.29, 0.717) is 11.5 Å². The van der Waals surface area contributed by atoms with Crippen LogP contribution in [0.3, 0.4) is 0 Å². The second-order valence-electron chi connectivity index (χ2n) is 3.16. The van der Waals surface area contributed by atoms with E-state index < -0.39 is 0 Å². The van der Waals surface area contributed by atoms with Crippen LogP contribution in [0.15, 0.2) is 36.8 Å². The molecule has 2 rings (SSSR count). The smallest absolute Gasteiger partial charge is 0.161 e. The fraction of sp³-hybridized carbons (Fsp3) is 0.167. The maximum atomic E-state index is 5.23. The number of benzene rings is 1. The van der Waals surface area contributed by atoms with Gasteiger partial charge < -0.3 is 9.47 Å². The van der Waals surface area contributed by atoms with Crippen molar-refractivity contribution < 1.29 is 9.47 Å². The second kappa shape index (κ2) is 4.61. The number of methoxy groups -OCH3 is 2. The molecule has 2 aromatic rings. The van der Waals surface area contributed by atoms with Crippen LogP contribution in [0, 0.1) is 0 Å². The van der Waals surface area contributed by atoms with Gasteiger partial charge in [-0.1, -0.05) is 0 Å². The number of rotatable bonds is 3. The Bertz CT molecular complexity index is 472. The predicted octanol–water partition coefficient (Wildman–Crippen LogP) is 2.16. The van der Waals surface area contributed by atoms with Gasteiger partial charge in [-0.15, -0.1) is 0 Å². The third-order valence-electron chi connectivity index (χ3n) is 2.26. The van der Waals surface area contributed by atoms with Gasteiger partial charge in [0.2, 0.25) is 0 Å². The van der Waals surface area contributed by atoms with E-state index in [0.717, 1.165) is 11.3 Å². The molecule has 0 atom stereocenters. The van der Waals surface area contributed by atoms with Crippen molar-refractivity contribution in [2.75, 3.05) is 14.2 Å². The van der Waals surface area contributed by atoms with Crippen LogP contribution in [-0.4, -0.2) is 24.2 Å². The number of hydrogen-bond donors (Lipinski definition) is 0. The summed E-state index contributed by atoms with van der Waals surface area (Å²) in [5.41, 5.74) is 1.83. The zero-order chi connectivity index (χ0) is 11.4. The number of nitrogens with zero attached hydrogens (tertiary/aromatic N) is 2. The van der Waals surface area contributed by atoms with Gasteiger partial charge in [0.1, 0.15) is 6.33 Å². The summed E-state index contributed by atoms with van der Waals surface area (Å²) in [6, 6.07) is 7.53. The van der Waals surface area contributed by atoms with Crippen LogP contribution in [0.1, 0.15) is 0 Å². The van der Waals surface area contributed by atoms with Gasteiger partial charge in [0.15, 0.2) is 11.5 Å². The summed E-state index contributed by atoms with van der Waals surface area (Å²) in [4.78, 5) is 8.05. The normalized spacial score (nSPS) is 9.88. The van der Waals surface area contributed by atoms with E-state index >= 15 is 0 Å². The summed E-state index contributed by atoms with van der Waals surface area (Å²) in [5.74, 6) is 1.40. The van der Waals surface area contributed by atoms with Gasteiger partial charge in [0.25, 0.3) is 0 Å². The molecular weight excluding hydrogens is 204 g/mol. The van der Waals surface area contributed by atoms with Crippen molar-refractivity contribution in [3.05, 3.63) is 36.8 Å². The Morgan fingerprint density at radius 1 is 1.00 bits per heavy atom. The first-order valence-electron chi connectivity index (χ1n) is 4.83. The fourth-order valence-electron chi connectivity index (χ4n) is 1.46. The molecule has 16 heavy (non-hydrogen) atoms. The Morgan fingerprint density at radius 3 is 2.44 bits per heavy atom. The van der Waals surface area contributed by atoms with Gasteiger partial charge in [0.05, 0.1) is 19.9 Å². The first-order chi connectivity index (χ1) is 7.85. The molecule has 0 saturated heterocycles. The molecule has 4 heteroatoms. The fourth-order valence-corrected chi connectivity index (χ4v) is 1.46. The van der Waals surface area contributed by atoms with Crippen LogP contribution in [0.25, 0.3) is 11.3 Å². The molecule has 1 heterocycles. The minimum atomic E-state index is 0.693. The van der Waals surface area contributed by atoms with Crippen LogP contribution in [-0.2, 0) is 0 Å². The molecule has 0 amide bonds. The van der Waals surface area contributed by atoms with Gasteiger partial charge in [-0.25, -0.2) is 9.97 Å². The van der Waals surface area contributed by atoms with Gasteiger partial charge in [-0.2, -0.15) is 0 Å². The number of ether oxygens (including phenoxy) is 2. The number of aromatic nitrogens is 2. The molecule has 0 aliphatic rings. The van der Waals surface area contributed by atoms with Crippen molar-refractivity contribution in [3.8, 4) is 22.8 Å². The highest BCUT2D eigenvalue weighted by atomic mass is 16.5. The molecule has 1 aromatic carbocycles.